The summed E-state index contributed by atoms with van der Waals surface area (Å²) in [4.78, 5) is 0.996. The lowest BCUT2D eigenvalue weighted by Gasteiger charge is -2.24. The zero-order chi connectivity index (χ0) is 14.4. The predicted octanol–water partition coefficient (Wildman–Crippen LogP) is 3.60. The van der Waals surface area contributed by atoms with E-state index in [4.69, 9.17) is 15.7 Å². The molecule has 0 unspecified atom stereocenters. The third-order valence-corrected chi connectivity index (χ3v) is 4.44. The zero-order valence-corrected chi connectivity index (χ0v) is 12.7. The first-order chi connectivity index (χ1) is 9.76. The van der Waals surface area contributed by atoms with Crippen LogP contribution in [0.4, 0.5) is 0 Å². The third kappa shape index (κ3) is 3.60. The van der Waals surface area contributed by atoms with Crippen molar-refractivity contribution in [3.8, 4) is 5.75 Å². The Balaban J connectivity index is 2.28. The second-order valence-electron chi connectivity index (χ2n) is 4.93. The summed E-state index contributed by atoms with van der Waals surface area (Å²) in [5.41, 5.74) is 6.55. The van der Waals surface area contributed by atoms with Gasteiger partial charge in [-0.15, -0.1) is 11.8 Å². The summed E-state index contributed by atoms with van der Waals surface area (Å²) in [6.07, 6.45) is 6.14. The van der Waals surface area contributed by atoms with Crippen LogP contribution in [-0.2, 0) is 0 Å². The monoisotopic (exact) mass is 294 g/mol. The third-order valence-electron chi connectivity index (χ3n) is 3.50. The van der Waals surface area contributed by atoms with Crippen LogP contribution >= 0.6 is 11.8 Å². The van der Waals surface area contributed by atoms with Gasteiger partial charge in [-0.1, -0.05) is 24.6 Å². The first-order valence-corrected chi connectivity index (χ1v) is 8.15. The zero-order valence-electron chi connectivity index (χ0n) is 11.8. The van der Waals surface area contributed by atoms with E-state index < -0.39 is 0 Å². The molecular weight excluding hydrogens is 272 g/mol. The van der Waals surface area contributed by atoms with Crippen molar-refractivity contribution in [1.82, 2.24) is 0 Å². The Morgan fingerprint density at radius 3 is 2.80 bits per heavy atom. The Morgan fingerprint density at radius 2 is 2.15 bits per heavy atom. The van der Waals surface area contributed by atoms with Crippen LogP contribution in [0.3, 0.4) is 0 Å². The summed E-state index contributed by atoms with van der Waals surface area (Å²) in [7, 11) is 0. The number of oxime groups is 1. The van der Waals surface area contributed by atoms with Crippen molar-refractivity contribution in [3.05, 3.63) is 23.8 Å². The van der Waals surface area contributed by atoms with Crippen LogP contribution in [-0.4, -0.2) is 22.9 Å². The molecule has 5 heteroatoms. The number of ether oxygens (including phenoxy) is 1. The second-order valence-corrected chi connectivity index (χ2v) is 6.23. The molecule has 1 saturated carbocycles. The molecule has 1 aliphatic rings. The Morgan fingerprint density at radius 1 is 1.40 bits per heavy atom. The molecule has 0 saturated heterocycles. The number of thioether (sulfide) groups is 1. The Labute approximate surface area is 124 Å². The average molecular weight is 294 g/mol. The van der Waals surface area contributed by atoms with Crippen LogP contribution < -0.4 is 10.5 Å². The van der Waals surface area contributed by atoms with Crippen molar-refractivity contribution >= 4 is 17.6 Å². The lowest BCUT2D eigenvalue weighted by molar-refractivity contribution is 0.154. The van der Waals surface area contributed by atoms with Crippen LogP contribution in [0.2, 0.25) is 0 Å². The number of nitrogens with two attached hydrogens (primary N) is 1. The molecule has 3 N–H and O–H groups in total. The molecule has 0 spiro atoms. The molecule has 0 radical (unpaired) electrons. The van der Waals surface area contributed by atoms with E-state index in [0.717, 1.165) is 29.2 Å². The maximum Gasteiger partial charge on any atom is 0.174 e. The van der Waals surface area contributed by atoms with Crippen LogP contribution in [0.1, 0.15) is 44.6 Å². The minimum absolute atomic E-state index is 0.118. The van der Waals surface area contributed by atoms with Gasteiger partial charge in [0.2, 0.25) is 0 Å². The quantitative estimate of drug-likeness (QED) is 0.286. The molecule has 0 bridgehead atoms. The van der Waals surface area contributed by atoms with Crippen LogP contribution in [0.25, 0.3) is 0 Å². The van der Waals surface area contributed by atoms with Crippen LogP contribution in [0.15, 0.2) is 28.3 Å². The van der Waals surface area contributed by atoms with E-state index in [0.29, 0.717) is 5.56 Å². The minimum atomic E-state index is 0.118. The van der Waals surface area contributed by atoms with Crippen LogP contribution in [0.5, 0.6) is 5.75 Å². The molecule has 0 aromatic heterocycles. The SMILES string of the molecule is CCSc1cccc(OC2CCCCC2)c1/C(N)=N/O. The van der Waals surface area contributed by atoms with E-state index in [1.165, 1.54) is 19.3 Å². The average Bonchev–Trinajstić information content (AvgIpc) is 2.48. The first-order valence-electron chi connectivity index (χ1n) is 7.16. The van der Waals surface area contributed by atoms with E-state index >= 15 is 0 Å². The molecule has 0 aliphatic heterocycles. The minimum Gasteiger partial charge on any atom is -0.490 e. The van der Waals surface area contributed by atoms with E-state index in [9.17, 15) is 0 Å². The fourth-order valence-corrected chi connectivity index (χ4v) is 3.39. The highest BCUT2D eigenvalue weighted by Gasteiger charge is 2.19. The summed E-state index contributed by atoms with van der Waals surface area (Å²) in [5, 5.41) is 12.2. The van der Waals surface area contributed by atoms with Crippen molar-refractivity contribution in [1.29, 1.82) is 0 Å². The maximum atomic E-state index is 9.01. The number of hydrogen-bond donors (Lipinski definition) is 2. The molecule has 1 fully saturated rings. The van der Waals surface area contributed by atoms with E-state index in [1.54, 1.807) is 11.8 Å². The molecule has 110 valence electrons. The lowest BCUT2D eigenvalue weighted by atomic mass is 9.97. The summed E-state index contributed by atoms with van der Waals surface area (Å²) >= 11 is 1.67. The lowest BCUT2D eigenvalue weighted by Crippen LogP contribution is -2.23. The largest absolute Gasteiger partial charge is 0.490 e. The van der Waals surface area contributed by atoms with E-state index in [-0.39, 0.29) is 11.9 Å². The predicted molar refractivity (Wildman–Crippen MR) is 82.9 cm³/mol. The highest BCUT2D eigenvalue weighted by Crippen LogP contribution is 2.32. The highest BCUT2D eigenvalue weighted by atomic mass is 32.2. The summed E-state index contributed by atoms with van der Waals surface area (Å²) in [6.45, 7) is 2.08. The van der Waals surface area contributed by atoms with Crippen molar-refractivity contribution in [2.45, 2.75) is 50.0 Å². The molecule has 0 atom stereocenters. The Kier molecular flexibility index (Phi) is 5.59. The number of nitrogens with zero attached hydrogens (tertiary/aromatic N) is 1. The smallest absolute Gasteiger partial charge is 0.174 e. The first kappa shape index (κ1) is 15.0. The van der Waals surface area contributed by atoms with Crippen molar-refractivity contribution in [2.75, 3.05) is 5.75 Å². The molecule has 1 aliphatic carbocycles. The molecular formula is C15H22N2O2S. The fraction of sp³-hybridized carbons (Fsp3) is 0.533. The summed E-state index contributed by atoms with van der Waals surface area (Å²) in [6, 6.07) is 5.85. The molecule has 1 aromatic carbocycles. The van der Waals surface area contributed by atoms with Gasteiger partial charge in [-0.25, -0.2) is 0 Å². The van der Waals surface area contributed by atoms with Crippen LogP contribution in [0, 0.1) is 0 Å². The molecule has 0 heterocycles. The van der Waals surface area contributed by atoms with Gasteiger partial charge >= 0.3 is 0 Å². The fourth-order valence-electron chi connectivity index (χ4n) is 2.55. The molecule has 0 amide bonds. The van der Waals surface area contributed by atoms with Gasteiger partial charge in [0.15, 0.2) is 5.84 Å². The number of rotatable bonds is 5. The van der Waals surface area contributed by atoms with Gasteiger partial charge in [-0.3, -0.25) is 0 Å². The van der Waals surface area contributed by atoms with Gasteiger partial charge in [0.1, 0.15) is 5.75 Å². The Bertz CT molecular complexity index is 471. The number of amidine groups is 1. The molecule has 1 aromatic rings. The number of hydrogen-bond acceptors (Lipinski definition) is 4. The van der Waals surface area contributed by atoms with Gasteiger partial charge in [-0.2, -0.15) is 0 Å². The number of benzene rings is 1. The van der Waals surface area contributed by atoms with E-state index in [1.807, 2.05) is 18.2 Å². The normalized spacial score (nSPS) is 17.1. The van der Waals surface area contributed by atoms with Gasteiger partial charge in [0.05, 0.1) is 11.7 Å². The second kappa shape index (κ2) is 7.43. The van der Waals surface area contributed by atoms with Gasteiger partial charge < -0.3 is 15.7 Å². The molecule has 20 heavy (non-hydrogen) atoms. The standard InChI is InChI=1S/C15H22N2O2S/c1-2-20-13-10-6-9-12(14(13)15(16)17-18)19-11-7-4-3-5-8-11/h6,9-11,18H,2-5,7-8H2,1H3,(H2,16,17). The van der Waals surface area contributed by atoms with E-state index in [2.05, 4.69) is 12.1 Å². The molecule has 4 nitrogen and oxygen atoms in total. The van der Waals surface area contributed by atoms with Gasteiger partial charge in [0, 0.05) is 4.90 Å². The van der Waals surface area contributed by atoms with Crippen molar-refractivity contribution in [2.24, 2.45) is 10.9 Å². The highest BCUT2D eigenvalue weighted by molar-refractivity contribution is 7.99. The maximum absolute atomic E-state index is 9.01. The topological polar surface area (TPSA) is 67.8 Å². The van der Waals surface area contributed by atoms with Gasteiger partial charge in [0.25, 0.3) is 0 Å². The van der Waals surface area contributed by atoms with Crippen molar-refractivity contribution in [3.63, 3.8) is 0 Å². The molecule has 2 rings (SSSR count). The summed E-state index contributed by atoms with van der Waals surface area (Å²) < 4.78 is 6.11. The van der Waals surface area contributed by atoms with Crippen molar-refractivity contribution < 1.29 is 9.94 Å². The van der Waals surface area contributed by atoms with Gasteiger partial charge in [-0.05, 0) is 43.6 Å². The summed E-state index contributed by atoms with van der Waals surface area (Å²) in [5.74, 6) is 1.77. The Hall–Kier alpha value is -1.36.